The zero-order chi connectivity index (χ0) is 39.1. The second-order valence-electron chi connectivity index (χ2n) is 11.5. The lowest BCUT2D eigenvalue weighted by molar-refractivity contribution is -0.276. The molecule has 7 nitrogen and oxygen atoms in total. The minimum atomic E-state index is -4.88. The third-order valence-electron chi connectivity index (χ3n) is 8.12. The summed E-state index contributed by atoms with van der Waals surface area (Å²) in [5.74, 6) is -3.34. The summed E-state index contributed by atoms with van der Waals surface area (Å²) in [5.41, 5.74) is -7.04. The highest BCUT2D eigenvalue weighted by molar-refractivity contribution is 6.35. The SMILES string of the molecule is O=C(O)c1ccc(C2=NOC(c3cc(Cl)cc(Cl)c3)(C(F)(F)F)C2)cc1F.OCc1ccc(C2=NOC(c3cc(Cl)cc(Cl)c3)(C(F)(F)F)C2)cc1F. The summed E-state index contributed by atoms with van der Waals surface area (Å²) >= 11 is 23.3. The molecule has 2 aliphatic heterocycles. The average Bonchev–Trinajstić information content (AvgIpc) is 3.72. The lowest BCUT2D eigenvalue weighted by Gasteiger charge is -2.29. The zero-order valence-electron chi connectivity index (χ0n) is 26.1. The third kappa shape index (κ3) is 8.04. The van der Waals surface area contributed by atoms with Crippen molar-refractivity contribution >= 4 is 63.8 Å². The first-order valence-electron chi connectivity index (χ1n) is 14.7. The summed E-state index contributed by atoms with van der Waals surface area (Å²) in [6, 6.07) is 13.5. The number of hydrogen-bond donors (Lipinski definition) is 2. The lowest BCUT2D eigenvalue weighted by atomic mass is 9.86. The van der Waals surface area contributed by atoms with Crippen LogP contribution in [0.1, 0.15) is 51.0 Å². The molecule has 2 aliphatic rings. The summed E-state index contributed by atoms with van der Waals surface area (Å²) in [6.45, 7) is -0.525. The molecule has 0 amide bonds. The molecule has 19 heteroatoms. The van der Waals surface area contributed by atoms with E-state index in [0.29, 0.717) is 0 Å². The number of aliphatic hydroxyl groups excluding tert-OH is 1. The Labute approximate surface area is 313 Å². The second-order valence-corrected chi connectivity index (χ2v) is 13.3. The van der Waals surface area contributed by atoms with Gasteiger partial charge in [0, 0.05) is 60.7 Å². The summed E-state index contributed by atoms with van der Waals surface area (Å²) in [5, 5.41) is 24.9. The van der Waals surface area contributed by atoms with Gasteiger partial charge in [-0.1, -0.05) is 74.9 Å². The minimum Gasteiger partial charge on any atom is -0.478 e. The van der Waals surface area contributed by atoms with Crippen LogP contribution in [0.25, 0.3) is 0 Å². The molecule has 2 heterocycles. The Morgan fingerprint density at radius 3 is 1.40 bits per heavy atom. The number of nitrogens with zero attached hydrogens (tertiary/aromatic N) is 2. The van der Waals surface area contributed by atoms with Crippen LogP contribution in [-0.2, 0) is 27.5 Å². The van der Waals surface area contributed by atoms with E-state index >= 15 is 0 Å². The Kier molecular flexibility index (Phi) is 11.3. The molecule has 4 aromatic carbocycles. The number of carbonyl (C=O) groups is 1. The molecule has 4 aromatic rings. The summed E-state index contributed by atoms with van der Waals surface area (Å²) in [4.78, 5) is 20.5. The Morgan fingerprint density at radius 2 is 1.06 bits per heavy atom. The number of hydrogen-bond acceptors (Lipinski definition) is 6. The maximum absolute atomic E-state index is 13.9. The van der Waals surface area contributed by atoms with Gasteiger partial charge in [-0.05, 0) is 54.6 Å². The zero-order valence-corrected chi connectivity index (χ0v) is 29.1. The number of halogens is 12. The van der Waals surface area contributed by atoms with Crippen molar-refractivity contribution in [3.05, 3.63) is 138 Å². The van der Waals surface area contributed by atoms with Crippen molar-refractivity contribution in [2.24, 2.45) is 10.3 Å². The first-order chi connectivity index (χ1) is 24.7. The van der Waals surface area contributed by atoms with Crippen LogP contribution < -0.4 is 0 Å². The molecule has 2 unspecified atom stereocenters. The quantitative estimate of drug-likeness (QED) is 0.189. The van der Waals surface area contributed by atoms with E-state index in [2.05, 4.69) is 10.3 Å². The summed E-state index contributed by atoms with van der Waals surface area (Å²) in [7, 11) is 0. The maximum atomic E-state index is 13.9. The maximum Gasteiger partial charge on any atom is 0.435 e. The van der Waals surface area contributed by atoms with Gasteiger partial charge in [-0.15, -0.1) is 0 Å². The number of rotatable bonds is 6. The van der Waals surface area contributed by atoms with Gasteiger partial charge >= 0.3 is 18.3 Å². The molecule has 0 saturated carbocycles. The van der Waals surface area contributed by atoms with Crippen LogP contribution in [-0.4, -0.2) is 40.0 Å². The number of aromatic carboxylic acids is 1. The van der Waals surface area contributed by atoms with E-state index < -0.39 is 66.2 Å². The van der Waals surface area contributed by atoms with Crippen LogP contribution in [0.4, 0.5) is 35.1 Å². The number of carboxylic acids is 1. The highest BCUT2D eigenvalue weighted by Gasteiger charge is 2.63. The molecule has 0 fully saturated rings. The van der Waals surface area contributed by atoms with Crippen molar-refractivity contribution in [3.8, 4) is 0 Å². The highest BCUT2D eigenvalue weighted by Crippen LogP contribution is 2.51. The van der Waals surface area contributed by atoms with E-state index in [9.17, 15) is 39.9 Å². The van der Waals surface area contributed by atoms with Crippen molar-refractivity contribution in [3.63, 3.8) is 0 Å². The van der Waals surface area contributed by atoms with Gasteiger partial charge < -0.3 is 19.9 Å². The normalized spacial score (nSPS) is 19.8. The molecule has 280 valence electrons. The van der Waals surface area contributed by atoms with Crippen LogP contribution in [0.15, 0.2) is 83.1 Å². The van der Waals surface area contributed by atoms with Crippen molar-refractivity contribution in [1.29, 1.82) is 0 Å². The van der Waals surface area contributed by atoms with Gasteiger partial charge in [-0.25, -0.2) is 13.6 Å². The van der Waals surface area contributed by atoms with Gasteiger partial charge in [0.25, 0.3) is 11.2 Å². The van der Waals surface area contributed by atoms with E-state index in [0.717, 1.165) is 48.5 Å². The molecular formula is C34H20Cl4F8N2O5. The molecule has 2 N–H and O–H groups in total. The Morgan fingerprint density at radius 1 is 0.660 bits per heavy atom. The predicted molar refractivity (Wildman–Crippen MR) is 179 cm³/mol. The van der Waals surface area contributed by atoms with Gasteiger partial charge in [-0.3, -0.25) is 0 Å². The Balaban J connectivity index is 0.000000204. The van der Waals surface area contributed by atoms with Crippen molar-refractivity contribution in [2.45, 2.75) is 43.0 Å². The van der Waals surface area contributed by atoms with E-state index in [1.165, 1.54) is 24.3 Å². The Bertz CT molecular complexity index is 2110. The number of alkyl halides is 6. The molecule has 0 radical (unpaired) electrons. The Hall–Kier alpha value is -4.15. The van der Waals surface area contributed by atoms with Crippen LogP contribution in [0.2, 0.25) is 20.1 Å². The smallest absolute Gasteiger partial charge is 0.435 e. The fourth-order valence-corrected chi connectivity index (χ4v) is 6.47. The van der Waals surface area contributed by atoms with Gasteiger partial charge in [0.15, 0.2) is 0 Å². The molecule has 53 heavy (non-hydrogen) atoms. The minimum absolute atomic E-state index is 0.0185. The van der Waals surface area contributed by atoms with Crippen molar-refractivity contribution in [1.82, 2.24) is 0 Å². The van der Waals surface area contributed by atoms with Gasteiger partial charge in [0.1, 0.15) is 11.6 Å². The number of aliphatic hydroxyl groups is 1. The van der Waals surface area contributed by atoms with Gasteiger partial charge in [0.05, 0.1) is 23.6 Å². The molecule has 0 bridgehead atoms. The number of benzene rings is 4. The standard InChI is InChI=1S/C17H9Cl2F4NO3.C17H11Cl2F4NO2/c18-10-4-9(5-11(19)6-10)16(17(21,22)23)7-14(24-27-16)8-1-2-12(15(25)26)13(20)3-8;18-12-4-11(5-13(19)6-12)16(17(21,22)23)7-15(24-26-16)9-1-2-10(8-25)14(20)3-9/h1-6H,7H2,(H,25,26);1-6,25H,7-8H2. The molecule has 0 aromatic heterocycles. The van der Waals surface area contributed by atoms with Crippen LogP contribution in [0, 0.1) is 11.6 Å². The second kappa shape index (κ2) is 14.9. The monoisotopic (exact) mass is 828 g/mol. The van der Waals surface area contributed by atoms with E-state index in [1.54, 1.807) is 0 Å². The molecule has 0 aliphatic carbocycles. The number of carboxylic acid groups (broad SMARTS) is 1. The molecule has 0 saturated heterocycles. The van der Waals surface area contributed by atoms with Crippen LogP contribution in [0.5, 0.6) is 0 Å². The highest BCUT2D eigenvalue weighted by atomic mass is 35.5. The van der Waals surface area contributed by atoms with E-state index in [4.69, 9.17) is 66.3 Å². The lowest BCUT2D eigenvalue weighted by Crippen LogP contribution is -2.42. The fraction of sp³-hybridized carbons (Fsp3) is 0.206. The first kappa shape index (κ1) is 40.0. The predicted octanol–water partition coefficient (Wildman–Crippen LogP) is 10.6. The average molecular weight is 830 g/mol. The molecule has 6 rings (SSSR count). The molecular weight excluding hydrogens is 810 g/mol. The molecule has 2 atom stereocenters. The summed E-state index contributed by atoms with van der Waals surface area (Å²) < 4.78 is 111. The van der Waals surface area contributed by atoms with Crippen LogP contribution in [0.3, 0.4) is 0 Å². The topological polar surface area (TPSA) is 101 Å². The van der Waals surface area contributed by atoms with E-state index in [1.807, 2.05) is 0 Å². The summed E-state index contributed by atoms with van der Waals surface area (Å²) in [6.07, 6.45) is -11.1. The number of oxime groups is 2. The van der Waals surface area contributed by atoms with Crippen LogP contribution >= 0.6 is 46.4 Å². The van der Waals surface area contributed by atoms with Crippen molar-refractivity contribution < 1.29 is 59.8 Å². The fourth-order valence-electron chi connectivity index (χ4n) is 5.41. The first-order valence-corrected chi connectivity index (χ1v) is 16.2. The van der Waals surface area contributed by atoms with Gasteiger partial charge in [-0.2, -0.15) is 26.3 Å². The van der Waals surface area contributed by atoms with Crippen molar-refractivity contribution in [2.75, 3.05) is 0 Å². The van der Waals surface area contributed by atoms with E-state index in [-0.39, 0.29) is 59.3 Å². The molecule has 0 spiro atoms. The van der Waals surface area contributed by atoms with Gasteiger partial charge in [0.2, 0.25) is 0 Å². The third-order valence-corrected chi connectivity index (χ3v) is 8.99. The largest absolute Gasteiger partial charge is 0.478 e.